The molecule has 21 heavy (non-hydrogen) atoms. The van der Waals surface area contributed by atoms with Crippen molar-refractivity contribution in [1.29, 1.82) is 0 Å². The van der Waals surface area contributed by atoms with E-state index in [2.05, 4.69) is 49.7 Å². The smallest absolute Gasteiger partial charge is 0.164 e. The number of rotatable bonds is 4. The lowest BCUT2D eigenvalue weighted by molar-refractivity contribution is 0.494. The Kier molecular flexibility index (Phi) is 4.15. The number of hydrogen-bond donors (Lipinski definition) is 0. The van der Waals surface area contributed by atoms with Crippen molar-refractivity contribution in [2.45, 2.75) is 45.6 Å². The molecule has 0 aliphatic carbocycles. The standard InChI is InChI=1S/C15H22BrN5/c1-10(2)6-7-11-5-4-8-21(11)15-12-13(16)19-20(3)14(12)17-9-18-15/h9-11H,4-8H2,1-3H3. The van der Waals surface area contributed by atoms with E-state index in [0.29, 0.717) is 6.04 Å². The minimum Gasteiger partial charge on any atom is -0.353 e. The molecule has 1 aliphatic rings. The molecule has 2 aromatic rings. The van der Waals surface area contributed by atoms with Gasteiger partial charge in [-0.05, 0) is 47.5 Å². The fraction of sp³-hybridized carbons (Fsp3) is 0.667. The molecular weight excluding hydrogens is 330 g/mol. The first kappa shape index (κ1) is 14.8. The molecule has 2 aromatic heterocycles. The molecule has 0 aromatic carbocycles. The summed E-state index contributed by atoms with van der Waals surface area (Å²) in [5.41, 5.74) is 0.890. The van der Waals surface area contributed by atoms with Crippen molar-refractivity contribution in [1.82, 2.24) is 19.7 Å². The molecule has 1 saturated heterocycles. The Morgan fingerprint density at radius 2 is 2.19 bits per heavy atom. The van der Waals surface area contributed by atoms with Crippen LogP contribution in [0.3, 0.4) is 0 Å². The number of aromatic nitrogens is 4. The van der Waals surface area contributed by atoms with Crippen LogP contribution >= 0.6 is 15.9 Å². The van der Waals surface area contributed by atoms with Gasteiger partial charge in [0.25, 0.3) is 0 Å². The van der Waals surface area contributed by atoms with Crippen LogP contribution in [0.1, 0.15) is 39.5 Å². The molecule has 3 rings (SSSR count). The van der Waals surface area contributed by atoms with Gasteiger partial charge in [-0.1, -0.05) is 13.8 Å². The van der Waals surface area contributed by atoms with E-state index < -0.39 is 0 Å². The number of fused-ring (bicyclic) bond motifs is 1. The largest absolute Gasteiger partial charge is 0.353 e. The van der Waals surface area contributed by atoms with Crippen LogP contribution in [0.25, 0.3) is 11.0 Å². The summed E-state index contributed by atoms with van der Waals surface area (Å²) in [6.07, 6.45) is 6.66. The number of aryl methyl sites for hydroxylation is 1. The van der Waals surface area contributed by atoms with Gasteiger partial charge in [0, 0.05) is 19.6 Å². The van der Waals surface area contributed by atoms with Crippen LogP contribution in [0.5, 0.6) is 0 Å². The summed E-state index contributed by atoms with van der Waals surface area (Å²) in [6.45, 7) is 5.66. The van der Waals surface area contributed by atoms with Crippen LogP contribution in [0.2, 0.25) is 0 Å². The lowest BCUT2D eigenvalue weighted by Gasteiger charge is -2.26. The third-order valence-electron chi connectivity index (χ3n) is 4.28. The van der Waals surface area contributed by atoms with E-state index in [1.165, 1.54) is 25.7 Å². The first-order valence-corrected chi connectivity index (χ1v) is 8.47. The van der Waals surface area contributed by atoms with E-state index in [-0.39, 0.29) is 0 Å². The maximum atomic E-state index is 4.57. The normalized spacial score (nSPS) is 19.1. The van der Waals surface area contributed by atoms with Crippen LogP contribution in [-0.4, -0.2) is 32.3 Å². The van der Waals surface area contributed by atoms with Gasteiger partial charge in [-0.15, -0.1) is 0 Å². The molecule has 0 N–H and O–H groups in total. The molecule has 0 saturated carbocycles. The lowest BCUT2D eigenvalue weighted by Crippen LogP contribution is -2.30. The summed E-state index contributed by atoms with van der Waals surface area (Å²) in [5, 5.41) is 5.46. The summed E-state index contributed by atoms with van der Waals surface area (Å²) in [7, 11) is 1.92. The average molecular weight is 352 g/mol. The molecule has 114 valence electrons. The van der Waals surface area contributed by atoms with Crippen molar-refractivity contribution in [3.8, 4) is 0 Å². The monoisotopic (exact) mass is 351 g/mol. The molecule has 5 nitrogen and oxygen atoms in total. The Balaban J connectivity index is 1.95. The second-order valence-electron chi connectivity index (χ2n) is 6.27. The Labute approximate surface area is 133 Å². The van der Waals surface area contributed by atoms with Gasteiger partial charge in [0.1, 0.15) is 16.7 Å². The van der Waals surface area contributed by atoms with Crippen molar-refractivity contribution in [2.75, 3.05) is 11.4 Å². The quantitative estimate of drug-likeness (QED) is 0.845. The maximum absolute atomic E-state index is 4.57. The fourth-order valence-corrected chi connectivity index (χ4v) is 3.78. The Bertz CT molecular complexity index is 636. The highest BCUT2D eigenvalue weighted by atomic mass is 79.9. The lowest BCUT2D eigenvalue weighted by atomic mass is 10.0. The molecule has 1 aliphatic heterocycles. The first-order valence-electron chi connectivity index (χ1n) is 7.67. The third kappa shape index (κ3) is 2.78. The molecule has 0 amide bonds. The second kappa shape index (κ2) is 5.91. The van der Waals surface area contributed by atoms with Gasteiger partial charge in [-0.2, -0.15) is 5.10 Å². The van der Waals surface area contributed by atoms with Crippen LogP contribution in [0.4, 0.5) is 5.82 Å². The zero-order chi connectivity index (χ0) is 15.0. The van der Waals surface area contributed by atoms with Gasteiger partial charge in [0.05, 0.1) is 5.39 Å². The summed E-state index contributed by atoms with van der Waals surface area (Å²) < 4.78 is 2.65. The summed E-state index contributed by atoms with van der Waals surface area (Å²) in [5.74, 6) is 1.79. The molecular formula is C15H22BrN5. The zero-order valence-electron chi connectivity index (χ0n) is 12.9. The predicted molar refractivity (Wildman–Crippen MR) is 88.4 cm³/mol. The van der Waals surface area contributed by atoms with Gasteiger partial charge in [-0.3, -0.25) is 0 Å². The van der Waals surface area contributed by atoms with Crippen molar-refractivity contribution in [3.63, 3.8) is 0 Å². The van der Waals surface area contributed by atoms with Gasteiger partial charge >= 0.3 is 0 Å². The second-order valence-corrected chi connectivity index (χ2v) is 7.02. The van der Waals surface area contributed by atoms with E-state index in [4.69, 9.17) is 0 Å². The number of hydrogen-bond acceptors (Lipinski definition) is 4. The molecule has 1 fully saturated rings. The van der Waals surface area contributed by atoms with E-state index >= 15 is 0 Å². The highest BCUT2D eigenvalue weighted by Gasteiger charge is 2.28. The zero-order valence-corrected chi connectivity index (χ0v) is 14.5. The number of halogens is 1. The Morgan fingerprint density at radius 3 is 2.95 bits per heavy atom. The molecule has 0 spiro atoms. The van der Waals surface area contributed by atoms with Crippen LogP contribution in [0, 0.1) is 5.92 Å². The van der Waals surface area contributed by atoms with Gasteiger partial charge in [-0.25, -0.2) is 14.6 Å². The highest BCUT2D eigenvalue weighted by Crippen LogP contribution is 2.34. The molecule has 0 bridgehead atoms. The Morgan fingerprint density at radius 1 is 1.38 bits per heavy atom. The number of anilines is 1. The van der Waals surface area contributed by atoms with Crippen LogP contribution in [-0.2, 0) is 7.05 Å². The SMILES string of the molecule is CC(C)CCC1CCCN1c1ncnc2c1c(Br)nn2C. The van der Waals surface area contributed by atoms with Crippen LogP contribution in [0.15, 0.2) is 10.9 Å². The minimum absolute atomic E-state index is 0.595. The van der Waals surface area contributed by atoms with E-state index in [1.807, 2.05) is 11.7 Å². The van der Waals surface area contributed by atoms with Gasteiger partial charge in [0.15, 0.2) is 5.65 Å². The fourth-order valence-electron chi connectivity index (χ4n) is 3.18. The van der Waals surface area contributed by atoms with E-state index in [9.17, 15) is 0 Å². The average Bonchev–Trinajstić information content (AvgIpc) is 3.02. The Hall–Kier alpha value is -1.17. The maximum Gasteiger partial charge on any atom is 0.164 e. The predicted octanol–water partition coefficient (Wildman–Crippen LogP) is 3.53. The van der Waals surface area contributed by atoms with E-state index in [1.54, 1.807) is 6.33 Å². The molecule has 6 heteroatoms. The van der Waals surface area contributed by atoms with Crippen molar-refractivity contribution in [3.05, 3.63) is 10.9 Å². The van der Waals surface area contributed by atoms with Gasteiger partial charge < -0.3 is 4.90 Å². The summed E-state index contributed by atoms with van der Waals surface area (Å²) in [6, 6.07) is 0.595. The van der Waals surface area contributed by atoms with Crippen molar-refractivity contribution < 1.29 is 0 Å². The summed E-state index contributed by atoms with van der Waals surface area (Å²) in [4.78, 5) is 11.4. The highest BCUT2D eigenvalue weighted by molar-refractivity contribution is 9.10. The minimum atomic E-state index is 0.595. The molecule has 3 heterocycles. The summed E-state index contributed by atoms with van der Waals surface area (Å²) >= 11 is 3.56. The van der Waals surface area contributed by atoms with Crippen molar-refractivity contribution in [2.24, 2.45) is 13.0 Å². The van der Waals surface area contributed by atoms with Crippen molar-refractivity contribution >= 4 is 32.8 Å². The molecule has 1 unspecified atom stereocenters. The number of nitrogens with zero attached hydrogens (tertiary/aromatic N) is 5. The topological polar surface area (TPSA) is 46.8 Å². The van der Waals surface area contributed by atoms with E-state index in [0.717, 1.165) is 33.9 Å². The van der Waals surface area contributed by atoms with Gasteiger partial charge in [0.2, 0.25) is 0 Å². The molecule has 0 radical (unpaired) electrons. The van der Waals surface area contributed by atoms with Crippen LogP contribution < -0.4 is 4.90 Å². The first-order chi connectivity index (χ1) is 10.1. The molecule has 1 atom stereocenters. The third-order valence-corrected chi connectivity index (χ3v) is 4.84.